The highest BCUT2D eigenvalue weighted by Gasteiger charge is 2.12. The van der Waals surface area contributed by atoms with Crippen molar-refractivity contribution in [3.63, 3.8) is 0 Å². The Kier molecular flexibility index (Phi) is 3.97. The van der Waals surface area contributed by atoms with Crippen molar-refractivity contribution in [1.29, 1.82) is 0 Å². The highest BCUT2D eigenvalue weighted by Crippen LogP contribution is 2.17. The number of hydrogen-bond donors (Lipinski definition) is 2. The summed E-state index contributed by atoms with van der Waals surface area (Å²) in [6.07, 6.45) is 0. The summed E-state index contributed by atoms with van der Waals surface area (Å²) in [4.78, 5) is 10.7. The van der Waals surface area contributed by atoms with E-state index in [-0.39, 0.29) is 11.7 Å². The highest BCUT2D eigenvalue weighted by molar-refractivity contribution is 5.85. The van der Waals surface area contributed by atoms with Crippen LogP contribution in [0.1, 0.15) is 40.3 Å². The van der Waals surface area contributed by atoms with Gasteiger partial charge in [-0.1, -0.05) is 29.4 Å². The van der Waals surface area contributed by atoms with Gasteiger partial charge < -0.3 is 14.9 Å². The van der Waals surface area contributed by atoms with Crippen molar-refractivity contribution in [1.82, 2.24) is 10.5 Å². The number of aromatic nitrogens is 1. The lowest BCUT2D eigenvalue weighted by atomic mass is 10.0. The zero-order valence-electron chi connectivity index (χ0n) is 10.9. The summed E-state index contributed by atoms with van der Waals surface area (Å²) >= 11 is 0. The Morgan fingerprint density at radius 1 is 1.47 bits per heavy atom. The van der Waals surface area contributed by atoms with Gasteiger partial charge in [-0.3, -0.25) is 0 Å². The Hall–Kier alpha value is -2.14. The second-order valence-corrected chi connectivity index (χ2v) is 4.44. The van der Waals surface area contributed by atoms with Crippen molar-refractivity contribution in [2.24, 2.45) is 0 Å². The highest BCUT2D eigenvalue weighted by atomic mass is 16.5. The number of nitrogens with one attached hydrogen (secondary N) is 1. The summed E-state index contributed by atoms with van der Waals surface area (Å²) in [7, 11) is 0. The average molecular weight is 260 g/mol. The first-order chi connectivity index (χ1) is 9.08. The van der Waals surface area contributed by atoms with Gasteiger partial charge in [0, 0.05) is 12.1 Å². The van der Waals surface area contributed by atoms with Crippen LogP contribution in [0.5, 0.6) is 0 Å². The third-order valence-corrected chi connectivity index (χ3v) is 3.02. The zero-order chi connectivity index (χ0) is 13.8. The predicted octanol–water partition coefficient (Wildman–Crippen LogP) is 2.53. The molecule has 1 unspecified atom stereocenters. The van der Waals surface area contributed by atoms with Crippen LogP contribution in [0, 0.1) is 6.92 Å². The minimum Gasteiger partial charge on any atom is -0.476 e. The van der Waals surface area contributed by atoms with Crippen LogP contribution in [0.25, 0.3) is 0 Å². The van der Waals surface area contributed by atoms with Gasteiger partial charge in [-0.15, -0.1) is 0 Å². The molecule has 0 saturated carbocycles. The Morgan fingerprint density at radius 2 is 2.21 bits per heavy atom. The van der Waals surface area contributed by atoms with Crippen LogP contribution in [0.2, 0.25) is 0 Å². The molecular formula is C14H16N2O3. The number of hydrogen-bond acceptors (Lipinski definition) is 4. The van der Waals surface area contributed by atoms with E-state index in [9.17, 15) is 4.79 Å². The van der Waals surface area contributed by atoms with Gasteiger partial charge in [-0.05, 0) is 25.0 Å². The van der Waals surface area contributed by atoms with E-state index in [1.807, 2.05) is 12.1 Å². The molecule has 0 fully saturated rings. The molecule has 1 atom stereocenters. The van der Waals surface area contributed by atoms with Gasteiger partial charge in [0.05, 0.1) is 6.54 Å². The minimum atomic E-state index is -1.08. The third kappa shape index (κ3) is 3.20. The lowest BCUT2D eigenvalue weighted by Gasteiger charge is -2.15. The fraction of sp³-hybridized carbons (Fsp3) is 0.286. The van der Waals surface area contributed by atoms with Gasteiger partial charge in [0.1, 0.15) is 0 Å². The second-order valence-electron chi connectivity index (χ2n) is 4.44. The van der Waals surface area contributed by atoms with Crippen LogP contribution >= 0.6 is 0 Å². The van der Waals surface area contributed by atoms with Crippen molar-refractivity contribution < 1.29 is 14.4 Å². The molecule has 2 aromatic rings. The first-order valence-electron chi connectivity index (χ1n) is 6.05. The van der Waals surface area contributed by atoms with Gasteiger partial charge in [0.25, 0.3) is 0 Å². The number of carboxylic acids is 1. The lowest BCUT2D eigenvalue weighted by molar-refractivity contribution is 0.0685. The molecule has 5 heteroatoms. The Bertz CT molecular complexity index is 578. The molecule has 1 heterocycles. The number of aromatic carboxylic acids is 1. The average Bonchev–Trinajstić information content (AvgIpc) is 2.85. The summed E-state index contributed by atoms with van der Waals surface area (Å²) in [6.45, 7) is 4.55. The summed E-state index contributed by atoms with van der Waals surface area (Å²) in [5.74, 6) is -0.570. The normalized spacial score (nSPS) is 12.3. The molecule has 0 aliphatic carbocycles. The molecular weight excluding hydrogens is 244 g/mol. The van der Waals surface area contributed by atoms with Crippen molar-refractivity contribution in [2.75, 3.05) is 0 Å². The molecule has 0 saturated heterocycles. The molecule has 0 bridgehead atoms. The van der Waals surface area contributed by atoms with Crippen LogP contribution in [0.15, 0.2) is 34.9 Å². The van der Waals surface area contributed by atoms with Gasteiger partial charge in [0.2, 0.25) is 0 Å². The molecule has 1 aromatic carbocycles. The van der Waals surface area contributed by atoms with E-state index in [1.54, 1.807) is 0 Å². The maximum absolute atomic E-state index is 10.7. The lowest BCUT2D eigenvalue weighted by Crippen LogP contribution is -2.18. The molecule has 5 nitrogen and oxygen atoms in total. The molecule has 0 amide bonds. The largest absolute Gasteiger partial charge is 0.476 e. The molecule has 0 radical (unpaired) electrons. The SMILES string of the molecule is Cc1ccccc1C(C)NCc1cc(C(=O)O)no1. The van der Waals surface area contributed by atoms with E-state index >= 15 is 0 Å². The standard InChI is InChI=1S/C14H16N2O3/c1-9-5-3-4-6-12(9)10(2)15-8-11-7-13(14(17)18)16-19-11/h3-7,10,15H,8H2,1-2H3,(H,17,18). The van der Waals surface area contributed by atoms with E-state index < -0.39 is 5.97 Å². The zero-order valence-corrected chi connectivity index (χ0v) is 10.9. The number of rotatable bonds is 5. The summed E-state index contributed by atoms with van der Waals surface area (Å²) in [5, 5.41) is 15.5. The van der Waals surface area contributed by atoms with E-state index in [4.69, 9.17) is 9.63 Å². The summed E-state index contributed by atoms with van der Waals surface area (Å²) in [6, 6.07) is 9.71. The molecule has 0 spiro atoms. The topological polar surface area (TPSA) is 75.4 Å². The summed E-state index contributed by atoms with van der Waals surface area (Å²) < 4.78 is 4.95. The quantitative estimate of drug-likeness (QED) is 0.864. The van der Waals surface area contributed by atoms with E-state index in [2.05, 4.69) is 36.5 Å². The fourth-order valence-corrected chi connectivity index (χ4v) is 1.93. The minimum absolute atomic E-state index is 0.0691. The summed E-state index contributed by atoms with van der Waals surface area (Å²) in [5.41, 5.74) is 2.35. The third-order valence-electron chi connectivity index (χ3n) is 3.02. The number of benzene rings is 1. The molecule has 0 aliphatic rings. The van der Waals surface area contributed by atoms with Gasteiger partial charge in [-0.25, -0.2) is 4.79 Å². The van der Waals surface area contributed by atoms with E-state index in [0.717, 1.165) is 0 Å². The Balaban J connectivity index is 1.98. The first-order valence-corrected chi connectivity index (χ1v) is 6.05. The number of carboxylic acid groups (broad SMARTS) is 1. The second kappa shape index (κ2) is 5.67. The van der Waals surface area contributed by atoms with E-state index in [1.165, 1.54) is 17.2 Å². The van der Waals surface area contributed by atoms with Crippen molar-refractivity contribution >= 4 is 5.97 Å². The first kappa shape index (κ1) is 13.3. The van der Waals surface area contributed by atoms with Crippen LogP contribution in [0.4, 0.5) is 0 Å². The Labute approximate surface area is 111 Å². The van der Waals surface area contributed by atoms with Crippen LogP contribution in [-0.4, -0.2) is 16.2 Å². The van der Waals surface area contributed by atoms with Crippen LogP contribution in [0.3, 0.4) is 0 Å². The number of carbonyl (C=O) groups is 1. The molecule has 0 aliphatic heterocycles. The van der Waals surface area contributed by atoms with Gasteiger partial charge in [0.15, 0.2) is 11.5 Å². The molecule has 19 heavy (non-hydrogen) atoms. The van der Waals surface area contributed by atoms with Gasteiger partial charge >= 0.3 is 5.97 Å². The molecule has 100 valence electrons. The Morgan fingerprint density at radius 3 is 2.84 bits per heavy atom. The monoisotopic (exact) mass is 260 g/mol. The number of aryl methyl sites for hydroxylation is 1. The fourth-order valence-electron chi connectivity index (χ4n) is 1.93. The maximum Gasteiger partial charge on any atom is 0.358 e. The van der Waals surface area contributed by atoms with Crippen molar-refractivity contribution in [2.45, 2.75) is 26.4 Å². The predicted molar refractivity (Wildman–Crippen MR) is 69.9 cm³/mol. The van der Waals surface area contributed by atoms with Crippen molar-refractivity contribution in [3.8, 4) is 0 Å². The molecule has 2 N–H and O–H groups in total. The van der Waals surface area contributed by atoms with Crippen LogP contribution in [-0.2, 0) is 6.54 Å². The van der Waals surface area contributed by atoms with E-state index in [0.29, 0.717) is 12.3 Å². The van der Waals surface area contributed by atoms with Gasteiger partial charge in [-0.2, -0.15) is 0 Å². The van der Waals surface area contributed by atoms with Crippen LogP contribution < -0.4 is 5.32 Å². The maximum atomic E-state index is 10.7. The van der Waals surface area contributed by atoms with Crippen molar-refractivity contribution in [3.05, 3.63) is 52.9 Å². The smallest absolute Gasteiger partial charge is 0.358 e. The number of nitrogens with zero attached hydrogens (tertiary/aromatic N) is 1. The molecule has 2 rings (SSSR count). The molecule has 1 aromatic heterocycles.